The van der Waals surface area contributed by atoms with Gasteiger partial charge in [0.15, 0.2) is 0 Å². The van der Waals surface area contributed by atoms with Gasteiger partial charge in [-0.15, -0.1) is 0 Å². The fraction of sp³-hybridized carbons (Fsp3) is 0.474. The fourth-order valence-electron chi connectivity index (χ4n) is 2.91. The molecule has 0 saturated carbocycles. The van der Waals surface area contributed by atoms with Gasteiger partial charge in [0.1, 0.15) is 5.82 Å². The number of amides is 1. The first kappa shape index (κ1) is 17.2. The van der Waals surface area contributed by atoms with Crippen molar-refractivity contribution in [2.24, 2.45) is 13.0 Å². The van der Waals surface area contributed by atoms with Crippen LogP contribution in [0.15, 0.2) is 24.7 Å². The van der Waals surface area contributed by atoms with Crippen LogP contribution in [-0.2, 0) is 11.8 Å². The molecule has 130 valence electrons. The molecule has 3 heterocycles. The van der Waals surface area contributed by atoms with E-state index in [1.165, 1.54) is 0 Å². The first-order valence-electron chi connectivity index (χ1n) is 8.65. The highest BCUT2D eigenvalue weighted by Crippen LogP contribution is 2.27. The van der Waals surface area contributed by atoms with Crippen LogP contribution in [0.2, 0.25) is 0 Å². The van der Waals surface area contributed by atoms with Gasteiger partial charge in [-0.25, -0.2) is 9.97 Å². The third-order valence-corrected chi connectivity index (χ3v) is 4.29. The first-order valence-corrected chi connectivity index (χ1v) is 8.65. The molecule has 2 aromatic rings. The molecule has 2 aromatic heterocycles. The SMILES string of the molecule is CC(C)C#CC(=O)N1CCC(c2nccc(-c3cnn(C)c3)n2)CC1. The van der Waals surface area contributed by atoms with E-state index in [0.717, 1.165) is 29.9 Å². The van der Waals surface area contributed by atoms with Gasteiger partial charge in [0.2, 0.25) is 0 Å². The number of nitrogens with zero attached hydrogens (tertiary/aromatic N) is 5. The molecule has 1 aliphatic heterocycles. The van der Waals surface area contributed by atoms with Crippen molar-refractivity contribution in [1.82, 2.24) is 24.6 Å². The molecule has 0 unspecified atom stereocenters. The molecule has 0 spiro atoms. The summed E-state index contributed by atoms with van der Waals surface area (Å²) in [6, 6.07) is 1.90. The summed E-state index contributed by atoms with van der Waals surface area (Å²) in [6.45, 7) is 5.38. The summed E-state index contributed by atoms with van der Waals surface area (Å²) in [5.74, 6) is 6.94. The third-order valence-electron chi connectivity index (χ3n) is 4.29. The molecule has 1 aliphatic rings. The van der Waals surface area contributed by atoms with E-state index < -0.39 is 0 Å². The minimum atomic E-state index is -0.0721. The number of rotatable bonds is 2. The van der Waals surface area contributed by atoms with Crippen LogP contribution < -0.4 is 0 Å². The monoisotopic (exact) mass is 337 g/mol. The summed E-state index contributed by atoms with van der Waals surface area (Å²) in [5.41, 5.74) is 1.88. The summed E-state index contributed by atoms with van der Waals surface area (Å²) in [5, 5.41) is 4.19. The topological polar surface area (TPSA) is 63.9 Å². The molecule has 1 fully saturated rings. The minimum absolute atomic E-state index is 0.0721. The Kier molecular flexibility index (Phi) is 5.13. The van der Waals surface area contributed by atoms with Crippen LogP contribution in [0.1, 0.15) is 38.4 Å². The Hall–Kier alpha value is -2.68. The molecule has 0 atom stereocenters. The molecule has 0 N–H and O–H groups in total. The summed E-state index contributed by atoms with van der Waals surface area (Å²) in [4.78, 5) is 23.1. The molecule has 0 radical (unpaired) electrons. The number of carbonyl (C=O) groups is 1. The van der Waals surface area contributed by atoms with E-state index >= 15 is 0 Å². The Morgan fingerprint density at radius 1 is 1.32 bits per heavy atom. The fourth-order valence-corrected chi connectivity index (χ4v) is 2.91. The zero-order chi connectivity index (χ0) is 17.8. The van der Waals surface area contributed by atoms with Crippen LogP contribution in [0.4, 0.5) is 0 Å². The Morgan fingerprint density at radius 3 is 2.72 bits per heavy atom. The van der Waals surface area contributed by atoms with Crippen LogP contribution in [0.25, 0.3) is 11.3 Å². The summed E-state index contributed by atoms with van der Waals surface area (Å²) in [7, 11) is 1.89. The van der Waals surface area contributed by atoms with Crippen LogP contribution in [0.3, 0.4) is 0 Å². The van der Waals surface area contributed by atoms with Crippen LogP contribution in [0.5, 0.6) is 0 Å². The van der Waals surface area contributed by atoms with Crippen molar-refractivity contribution in [2.75, 3.05) is 13.1 Å². The quantitative estimate of drug-likeness (QED) is 0.789. The van der Waals surface area contributed by atoms with E-state index in [0.29, 0.717) is 13.1 Å². The number of likely N-dealkylation sites (tertiary alicyclic amines) is 1. The standard InChI is InChI=1S/C19H23N5O/c1-14(2)4-5-18(25)24-10-7-15(8-11-24)19-20-9-6-17(22-19)16-12-21-23(3)13-16/h6,9,12-15H,7-8,10-11H2,1-3H3. The molecule has 1 saturated heterocycles. The predicted molar refractivity (Wildman–Crippen MR) is 95.4 cm³/mol. The second kappa shape index (κ2) is 7.47. The number of carbonyl (C=O) groups excluding carboxylic acids is 1. The molecule has 6 nitrogen and oxygen atoms in total. The maximum absolute atomic E-state index is 12.1. The summed E-state index contributed by atoms with van der Waals surface area (Å²) in [6.07, 6.45) is 7.29. The van der Waals surface area contributed by atoms with E-state index in [4.69, 9.17) is 4.98 Å². The highest BCUT2D eigenvalue weighted by molar-refractivity contribution is 5.93. The molecule has 0 aliphatic carbocycles. The number of piperidine rings is 1. The van der Waals surface area contributed by atoms with Crippen molar-refractivity contribution in [3.8, 4) is 23.1 Å². The third kappa shape index (κ3) is 4.24. The number of aromatic nitrogens is 4. The highest BCUT2D eigenvalue weighted by Gasteiger charge is 2.25. The van der Waals surface area contributed by atoms with Crippen LogP contribution in [0, 0.1) is 17.8 Å². The Morgan fingerprint density at radius 2 is 2.08 bits per heavy atom. The van der Waals surface area contributed by atoms with E-state index in [9.17, 15) is 4.79 Å². The van der Waals surface area contributed by atoms with Gasteiger partial charge in [0.05, 0.1) is 11.9 Å². The minimum Gasteiger partial charge on any atom is -0.332 e. The van der Waals surface area contributed by atoms with Gasteiger partial charge in [-0.05, 0) is 24.8 Å². The second-order valence-electron chi connectivity index (χ2n) is 6.69. The molecule has 1 amide bonds. The lowest BCUT2D eigenvalue weighted by atomic mass is 9.95. The molecule has 25 heavy (non-hydrogen) atoms. The Bertz CT molecular complexity index is 806. The molecule has 3 rings (SSSR count). The predicted octanol–water partition coefficient (Wildman–Crippen LogP) is 2.24. The van der Waals surface area contributed by atoms with Crippen molar-refractivity contribution in [2.45, 2.75) is 32.6 Å². The Balaban J connectivity index is 1.66. The average Bonchev–Trinajstić information content (AvgIpc) is 3.06. The smallest absolute Gasteiger partial charge is 0.298 e. The summed E-state index contributed by atoms with van der Waals surface area (Å²) < 4.78 is 1.76. The maximum Gasteiger partial charge on any atom is 0.298 e. The van der Waals surface area contributed by atoms with E-state index in [2.05, 4.69) is 21.9 Å². The van der Waals surface area contributed by atoms with Crippen molar-refractivity contribution in [1.29, 1.82) is 0 Å². The molecular weight excluding hydrogens is 314 g/mol. The zero-order valence-electron chi connectivity index (χ0n) is 14.9. The summed E-state index contributed by atoms with van der Waals surface area (Å²) >= 11 is 0. The van der Waals surface area contributed by atoms with Gasteiger partial charge < -0.3 is 4.90 Å². The van der Waals surface area contributed by atoms with Gasteiger partial charge in [-0.2, -0.15) is 5.10 Å². The largest absolute Gasteiger partial charge is 0.332 e. The van der Waals surface area contributed by atoms with Crippen LogP contribution in [-0.4, -0.2) is 43.6 Å². The van der Waals surface area contributed by atoms with Gasteiger partial charge in [0, 0.05) is 49.9 Å². The molecule has 0 bridgehead atoms. The van der Waals surface area contributed by atoms with Crippen molar-refractivity contribution in [3.63, 3.8) is 0 Å². The maximum atomic E-state index is 12.1. The molecule has 6 heteroatoms. The normalized spacial score (nSPS) is 15.1. The van der Waals surface area contributed by atoms with Crippen molar-refractivity contribution in [3.05, 3.63) is 30.5 Å². The molecular formula is C19H23N5O. The number of hydrogen-bond acceptors (Lipinski definition) is 4. The average molecular weight is 337 g/mol. The van der Waals surface area contributed by atoms with Gasteiger partial charge in [0.25, 0.3) is 5.91 Å². The second-order valence-corrected chi connectivity index (χ2v) is 6.69. The number of aryl methyl sites for hydroxylation is 1. The lowest BCUT2D eigenvalue weighted by Gasteiger charge is -2.30. The highest BCUT2D eigenvalue weighted by atomic mass is 16.2. The number of hydrogen-bond donors (Lipinski definition) is 0. The van der Waals surface area contributed by atoms with E-state index in [-0.39, 0.29) is 17.7 Å². The Labute approximate surface area is 148 Å². The van der Waals surface area contributed by atoms with Crippen molar-refractivity contribution < 1.29 is 4.79 Å². The first-order chi connectivity index (χ1) is 12.0. The van der Waals surface area contributed by atoms with Gasteiger partial charge >= 0.3 is 0 Å². The van der Waals surface area contributed by atoms with E-state index in [1.54, 1.807) is 17.1 Å². The van der Waals surface area contributed by atoms with Crippen LogP contribution >= 0.6 is 0 Å². The van der Waals surface area contributed by atoms with E-state index in [1.807, 2.05) is 38.1 Å². The zero-order valence-corrected chi connectivity index (χ0v) is 14.9. The van der Waals surface area contributed by atoms with Gasteiger partial charge in [-0.1, -0.05) is 19.8 Å². The van der Waals surface area contributed by atoms with Gasteiger partial charge in [-0.3, -0.25) is 9.48 Å². The lowest BCUT2D eigenvalue weighted by Crippen LogP contribution is -2.37. The van der Waals surface area contributed by atoms with Crippen molar-refractivity contribution >= 4 is 5.91 Å². The molecule has 0 aromatic carbocycles. The lowest BCUT2D eigenvalue weighted by molar-refractivity contribution is -0.126.